The third kappa shape index (κ3) is 9.10. The molecule has 2 fully saturated rings. The van der Waals surface area contributed by atoms with E-state index in [0.29, 0.717) is 36.3 Å². The second-order valence-corrected chi connectivity index (χ2v) is 12.4. The molecule has 11 nitrogen and oxygen atoms in total. The van der Waals surface area contributed by atoms with Crippen LogP contribution >= 0.6 is 0 Å². The largest absolute Gasteiger partial charge is 1.00 e. The Morgan fingerprint density at radius 3 is 2.57 bits per heavy atom. The maximum absolute atomic E-state index is 13.7. The first-order chi connectivity index (χ1) is 20.2. The van der Waals surface area contributed by atoms with Gasteiger partial charge in [-0.15, -0.1) is 0 Å². The Balaban J connectivity index is 0.00000529. The molecular formula is C30H39F2IN6O5. The molecule has 1 aromatic heterocycles. The minimum atomic E-state index is -3.13. The van der Waals surface area contributed by atoms with Gasteiger partial charge in [0, 0.05) is 24.4 Å². The zero-order valence-corrected chi connectivity index (χ0v) is 27.6. The highest BCUT2D eigenvalue weighted by atomic mass is 127. The molecule has 0 aliphatic carbocycles. The van der Waals surface area contributed by atoms with Crippen LogP contribution < -0.4 is 34.0 Å². The number of quaternary nitrogens is 1. The van der Waals surface area contributed by atoms with Gasteiger partial charge in [0.05, 0.1) is 76.6 Å². The van der Waals surface area contributed by atoms with Gasteiger partial charge in [-0.1, -0.05) is 0 Å². The summed E-state index contributed by atoms with van der Waals surface area (Å²) in [5, 5.41) is 12.1. The quantitative estimate of drug-likeness (QED) is 0.234. The molecule has 0 unspecified atom stereocenters. The molecule has 2 aromatic rings. The molecule has 240 valence electrons. The van der Waals surface area contributed by atoms with Gasteiger partial charge in [-0.25, -0.2) is 13.6 Å². The van der Waals surface area contributed by atoms with E-state index in [0.717, 1.165) is 35.4 Å². The van der Waals surface area contributed by atoms with Crippen molar-refractivity contribution >= 4 is 28.8 Å². The van der Waals surface area contributed by atoms with Gasteiger partial charge >= 0.3 is 6.09 Å². The minimum absolute atomic E-state index is 0. The average molecular weight is 729 g/mol. The Bertz CT molecular complexity index is 1400. The van der Waals surface area contributed by atoms with E-state index < -0.39 is 48.9 Å². The number of hydrogen-bond donors (Lipinski definition) is 1. The van der Waals surface area contributed by atoms with Crippen LogP contribution in [-0.2, 0) is 9.53 Å². The molecule has 1 atom stereocenters. The van der Waals surface area contributed by atoms with Crippen molar-refractivity contribution < 1.29 is 61.1 Å². The number of aromatic nitrogens is 1. The third-order valence-electron chi connectivity index (χ3n) is 7.68. The zero-order valence-electron chi connectivity index (χ0n) is 25.4. The maximum atomic E-state index is 13.7. The molecule has 3 amide bonds. The van der Waals surface area contributed by atoms with E-state index in [1.807, 2.05) is 20.8 Å². The lowest BCUT2D eigenvalue weighted by atomic mass is 10.1. The number of hydrogen-bond acceptors (Lipinski definition) is 7. The summed E-state index contributed by atoms with van der Waals surface area (Å²) >= 11 is 0. The van der Waals surface area contributed by atoms with Crippen LogP contribution in [0.3, 0.4) is 0 Å². The Kier molecular flexibility index (Phi) is 11.3. The molecule has 0 radical (unpaired) electrons. The van der Waals surface area contributed by atoms with Crippen molar-refractivity contribution in [2.45, 2.75) is 51.2 Å². The van der Waals surface area contributed by atoms with Crippen molar-refractivity contribution in [3.05, 3.63) is 36.0 Å². The summed E-state index contributed by atoms with van der Waals surface area (Å²) in [5.74, 6) is -3.89. The fourth-order valence-corrected chi connectivity index (χ4v) is 5.28. The number of benzene rings is 1. The highest BCUT2D eigenvalue weighted by Gasteiger charge is 2.47. The fraction of sp³-hybridized carbons (Fsp3) is 0.567. The SMILES string of the molecule is CC(C)(C)OC(=O)N1CC[N+](C)(CCCOc2ccc3nccc(C(=O)NCC(=O)N4CC(F)(F)C[C@H]4C#N)c3c2)CC1.[I-]. The lowest BCUT2D eigenvalue weighted by Gasteiger charge is -2.42. The topological polar surface area (TPSA) is 125 Å². The second kappa shape index (κ2) is 14.2. The van der Waals surface area contributed by atoms with E-state index in [1.54, 1.807) is 29.2 Å². The number of carbonyl (C=O) groups is 3. The Labute approximate surface area is 273 Å². The van der Waals surface area contributed by atoms with Gasteiger partial charge in [0.15, 0.2) is 0 Å². The number of amides is 3. The van der Waals surface area contributed by atoms with E-state index in [1.165, 1.54) is 12.3 Å². The summed E-state index contributed by atoms with van der Waals surface area (Å²) in [6.45, 7) is 8.42. The highest BCUT2D eigenvalue weighted by molar-refractivity contribution is 6.07. The molecule has 0 bridgehead atoms. The van der Waals surface area contributed by atoms with Gasteiger partial charge in [0.25, 0.3) is 11.8 Å². The van der Waals surface area contributed by atoms with Gasteiger partial charge < -0.3 is 48.2 Å². The number of likely N-dealkylation sites (tertiary alicyclic amines) is 1. The predicted octanol–water partition coefficient (Wildman–Crippen LogP) is 0.195. The first-order valence-corrected chi connectivity index (χ1v) is 14.4. The molecule has 2 saturated heterocycles. The summed E-state index contributed by atoms with van der Waals surface area (Å²) in [5.41, 5.74) is 0.287. The monoisotopic (exact) mass is 728 g/mol. The van der Waals surface area contributed by atoms with Crippen molar-refractivity contribution in [3.63, 3.8) is 0 Å². The van der Waals surface area contributed by atoms with Crippen LogP contribution in [0.15, 0.2) is 30.5 Å². The number of nitrogens with zero attached hydrogens (tertiary/aromatic N) is 5. The molecule has 4 rings (SSSR count). The van der Waals surface area contributed by atoms with Crippen LogP contribution in [0.25, 0.3) is 10.9 Å². The van der Waals surface area contributed by atoms with E-state index in [9.17, 15) is 23.2 Å². The Morgan fingerprint density at radius 2 is 1.91 bits per heavy atom. The van der Waals surface area contributed by atoms with E-state index in [2.05, 4.69) is 17.3 Å². The number of piperazine rings is 1. The van der Waals surface area contributed by atoms with Crippen LogP contribution in [0.1, 0.15) is 44.0 Å². The number of alkyl halides is 2. The van der Waals surface area contributed by atoms with Crippen LogP contribution in [-0.4, -0.2) is 114 Å². The molecule has 0 saturated carbocycles. The lowest BCUT2D eigenvalue weighted by molar-refractivity contribution is -0.913. The van der Waals surface area contributed by atoms with E-state index >= 15 is 0 Å². The number of fused-ring (bicyclic) bond motifs is 1. The van der Waals surface area contributed by atoms with Gasteiger partial charge in [0.1, 0.15) is 17.4 Å². The van der Waals surface area contributed by atoms with Gasteiger partial charge in [-0.3, -0.25) is 19.5 Å². The summed E-state index contributed by atoms with van der Waals surface area (Å²) < 4.78 is 39.7. The molecule has 1 N–H and O–H groups in total. The van der Waals surface area contributed by atoms with E-state index in [-0.39, 0.29) is 35.6 Å². The molecule has 2 aliphatic heterocycles. The molecule has 1 aromatic carbocycles. The first kappa shape index (κ1) is 35.2. The van der Waals surface area contributed by atoms with Crippen molar-refractivity contribution in [1.82, 2.24) is 20.1 Å². The summed E-state index contributed by atoms with van der Waals surface area (Å²) in [7, 11) is 2.17. The van der Waals surface area contributed by atoms with Gasteiger partial charge in [0.2, 0.25) is 5.91 Å². The summed E-state index contributed by atoms with van der Waals surface area (Å²) in [4.78, 5) is 44.7. The number of pyridine rings is 1. The standard InChI is InChI=1S/C30H38F2N6O5.HI/c1-29(2,3)43-28(41)36-10-13-38(4,14-11-36)12-5-15-42-22-6-7-25-24(16-22)23(8-9-34-25)27(40)35-19-26(39)37-20-30(31,32)17-21(37)18-33;/h6-9,16,21H,5,10-15,17,19-20H2,1-4H3;1H/t21-;/m0./s1. The normalized spacial score (nSPS) is 19.1. The Morgan fingerprint density at radius 1 is 1.20 bits per heavy atom. The lowest BCUT2D eigenvalue weighted by Crippen LogP contribution is -3.00. The number of carbonyl (C=O) groups excluding carboxylic acids is 3. The van der Waals surface area contributed by atoms with Crippen molar-refractivity contribution in [1.29, 1.82) is 5.26 Å². The molecular weight excluding hydrogens is 689 g/mol. The molecule has 44 heavy (non-hydrogen) atoms. The zero-order chi connectivity index (χ0) is 31.4. The second-order valence-electron chi connectivity index (χ2n) is 12.4. The fourth-order valence-electron chi connectivity index (χ4n) is 5.28. The smallest absolute Gasteiger partial charge is 0.410 e. The van der Waals surface area contributed by atoms with Crippen LogP contribution in [0.2, 0.25) is 0 Å². The Hall–Kier alpha value is -3.32. The number of nitrogens with one attached hydrogen (secondary N) is 1. The van der Waals surface area contributed by atoms with Crippen molar-refractivity contribution in [2.24, 2.45) is 0 Å². The minimum Gasteiger partial charge on any atom is -1.00 e. The van der Waals surface area contributed by atoms with Gasteiger partial charge in [-0.2, -0.15) is 5.26 Å². The van der Waals surface area contributed by atoms with Crippen molar-refractivity contribution in [2.75, 3.05) is 59.5 Å². The predicted molar refractivity (Wildman–Crippen MR) is 153 cm³/mol. The van der Waals surface area contributed by atoms with Gasteiger partial charge in [-0.05, 0) is 45.0 Å². The molecule has 0 spiro atoms. The third-order valence-corrected chi connectivity index (χ3v) is 7.68. The number of nitriles is 1. The summed E-state index contributed by atoms with van der Waals surface area (Å²) in [6, 6.07) is 7.22. The first-order valence-electron chi connectivity index (χ1n) is 14.4. The average Bonchev–Trinajstić information content (AvgIpc) is 3.27. The molecule has 3 heterocycles. The molecule has 14 heteroatoms. The number of likely N-dealkylation sites (N-methyl/N-ethyl adjacent to an activating group) is 1. The van der Waals surface area contributed by atoms with E-state index in [4.69, 9.17) is 14.7 Å². The number of halogens is 3. The maximum Gasteiger partial charge on any atom is 0.410 e. The number of ether oxygens (including phenoxy) is 2. The highest BCUT2D eigenvalue weighted by Crippen LogP contribution is 2.31. The van der Waals surface area contributed by atoms with Crippen LogP contribution in [0.4, 0.5) is 13.6 Å². The van der Waals surface area contributed by atoms with Crippen LogP contribution in [0, 0.1) is 11.3 Å². The van der Waals surface area contributed by atoms with Crippen molar-refractivity contribution in [3.8, 4) is 11.8 Å². The van der Waals surface area contributed by atoms with Crippen LogP contribution in [0.5, 0.6) is 5.75 Å². The molecule has 2 aliphatic rings. The summed E-state index contributed by atoms with van der Waals surface area (Å²) in [6.07, 6.45) is 1.25. The number of rotatable bonds is 8.